The lowest BCUT2D eigenvalue weighted by atomic mass is 10.1. The van der Waals surface area contributed by atoms with E-state index in [1.165, 1.54) is 27.4 Å². The molecule has 0 fully saturated rings. The number of aromatic nitrogens is 1. The monoisotopic (exact) mass is 238 g/mol. The lowest BCUT2D eigenvalue weighted by molar-refractivity contribution is 0.403. The van der Waals surface area contributed by atoms with Gasteiger partial charge < -0.3 is 9.47 Å². The Hall–Kier alpha value is -1.80. The van der Waals surface area contributed by atoms with Gasteiger partial charge in [0.2, 0.25) is 0 Å². The molecule has 2 aromatic carbocycles. The predicted molar refractivity (Wildman–Crippen MR) is 77.8 cm³/mol. The Morgan fingerprint density at radius 3 is 2.44 bits per heavy atom. The van der Waals surface area contributed by atoms with Crippen molar-refractivity contribution in [3.8, 4) is 0 Å². The fourth-order valence-corrected chi connectivity index (χ4v) is 2.68. The second-order valence-electron chi connectivity index (χ2n) is 5.17. The lowest BCUT2D eigenvalue weighted by Gasteiger charge is -2.09. The third-order valence-electron chi connectivity index (χ3n) is 3.48. The Balaban J connectivity index is 2.29. The third kappa shape index (κ3) is 1.70. The molecule has 0 unspecified atom stereocenters. The number of nitrogens with zero attached hydrogens (tertiary/aromatic N) is 2. The summed E-state index contributed by atoms with van der Waals surface area (Å²) >= 11 is 0. The standard InChI is InChI=1S/C16H18N2/c1-17(2)11-12-8-9-16-14(10-12)13-6-4-5-7-15(13)18(16)3/h4-10H,11H2,1-3H3. The zero-order valence-corrected chi connectivity index (χ0v) is 11.1. The summed E-state index contributed by atoms with van der Waals surface area (Å²) in [7, 11) is 6.34. The molecule has 0 aliphatic carbocycles. The SMILES string of the molecule is CN(C)Cc1ccc2c(c1)c1ccccc1n2C. The van der Waals surface area contributed by atoms with Crippen molar-refractivity contribution in [2.75, 3.05) is 14.1 Å². The van der Waals surface area contributed by atoms with E-state index < -0.39 is 0 Å². The number of aryl methyl sites for hydroxylation is 1. The molecule has 0 aliphatic heterocycles. The maximum atomic E-state index is 2.32. The fourth-order valence-electron chi connectivity index (χ4n) is 2.68. The van der Waals surface area contributed by atoms with Gasteiger partial charge in [0, 0.05) is 35.4 Å². The number of rotatable bonds is 2. The van der Waals surface area contributed by atoms with E-state index in [1.807, 2.05) is 0 Å². The number of hydrogen-bond donors (Lipinski definition) is 0. The molecule has 1 aromatic heterocycles. The lowest BCUT2D eigenvalue weighted by Crippen LogP contribution is -2.10. The van der Waals surface area contributed by atoms with Crippen molar-refractivity contribution in [3.63, 3.8) is 0 Å². The molecule has 0 aliphatic rings. The molecule has 3 rings (SSSR count). The first kappa shape index (κ1) is 11.3. The summed E-state index contributed by atoms with van der Waals surface area (Å²) in [4.78, 5) is 2.20. The largest absolute Gasteiger partial charge is 0.344 e. The molecular formula is C16H18N2. The van der Waals surface area contributed by atoms with Crippen molar-refractivity contribution < 1.29 is 0 Å². The van der Waals surface area contributed by atoms with Gasteiger partial charge in [-0.2, -0.15) is 0 Å². The summed E-state index contributed by atoms with van der Waals surface area (Å²) in [6, 6.07) is 15.4. The zero-order valence-electron chi connectivity index (χ0n) is 11.1. The van der Waals surface area contributed by atoms with Gasteiger partial charge in [0.25, 0.3) is 0 Å². The van der Waals surface area contributed by atoms with Gasteiger partial charge in [-0.15, -0.1) is 0 Å². The van der Waals surface area contributed by atoms with Crippen molar-refractivity contribution in [2.45, 2.75) is 6.54 Å². The van der Waals surface area contributed by atoms with E-state index in [4.69, 9.17) is 0 Å². The number of benzene rings is 2. The van der Waals surface area contributed by atoms with Crippen LogP contribution >= 0.6 is 0 Å². The highest BCUT2D eigenvalue weighted by Gasteiger charge is 2.08. The van der Waals surface area contributed by atoms with Crippen LogP contribution in [0.2, 0.25) is 0 Å². The Bertz CT molecular complexity index is 708. The van der Waals surface area contributed by atoms with Gasteiger partial charge in [-0.3, -0.25) is 0 Å². The highest BCUT2D eigenvalue weighted by Crippen LogP contribution is 2.28. The minimum Gasteiger partial charge on any atom is -0.344 e. The van der Waals surface area contributed by atoms with Crippen molar-refractivity contribution in [3.05, 3.63) is 48.0 Å². The Kier molecular flexibility index (Phi) is 2.60. The van der Waals surface area contributed by atoms with Crippen molar-refractivity contribution in [2.24, 2.45) is 7.05 Å². The average molecular weight is 238 g/mol. The molecule has 0 atom stereocenters. The minimum atomic E-state index is 0.985. The quantitative estimate of drug-likeness (QED) is 0.664. The molecule has 18 heavy (non-hydrogen) atoms. The second-order valence-corrected chi connectivity index (χ2v) is 5.17. The highest BCUT2D eigenvalue weighted by molar-refractivity contribution is 6.08. The summed E-state index contributed by atoms with van der Waals surface area (Å²) in [6.07, 6.45) is 0. The van der Waals surface area contributed by atoms with Crippen LogP contribution < -0.4 is 0 Å². The van der Waals surface area contributed by atoms with Gasteiger partial charge in [-0.05, 0) is 37.9 Å². The predicted octanol–water partition coefficient (Wildman–Crippen LogP) is 3.39. The minimum absolute atomic E-state index is 0.985. The van der Waals surface area contributed by atoms with E-state index in [9.17, 15) is 0 Å². The number of para-hydroxylation sites is 1. The highest BCUT2D eigenvalue weighted by atomic mass is 15.0. The van der Waals surface area contributed by atoms with Crippen LogP contribution in [0.4, 0.5) is 0 Å². The van der Waals surface area contributed by atoms with Gasteiger partial charge in [0.15, 0.2) is 0 Å². The number of hydrogen-bond acceptors (Lipinski definition) is 1. The third-order valence-corrected chi connectivity index (χ3v) is 3.48. The molecule has 1 heterocycles. The summed E-state index contributed by atoms with van der Waals surface area (Å²) in [5.41, 5.74) is 3.97. The molecule has 92 valence electrons. The summed E-state index contributed by atoms with van der Waals surface area (Å²) in [6.45, 7) is 0.985. The summed E-state index contributed by atoms with van der Waals surface area (Å²) in [5.74, 6) is 0. The second kappa shape index (κ2) is 4.14. The van der Waals surface area contributed by atoms with Gasteiger partial charge in [-0.25, -0.2) is 0 Å². The number of fused-ring (bicyclic) bond motifs is 3. The molecule has 0 radical (unpaired) electrons. The van der Waals surface area contributed by atoms with Crippen LogP contribution in [0.5, 0.6) is 0 Å². The Morgan fingerprint density at radius 2 is 1.67 bits per heavy atom. The zero-order chi connectivity index (χ0) is 12.7. The van der Waals surface area contributed by atoms with Crippen LogP contribution in [0, 0.1) is 0 Å². The molecule has 0 N–H and O–H groups in total. The molecule has 3 aromatic rings. The van der Waals surface area contributed by atoms with E-state index in [0.29, 0.717) is 0 Å². The first-order valence-corrected chi connectivity index (χ1v) is 6.27. The fraction of sp³-hybridized carbons (Fsp3) is 0.250. The first-order valence-electron chi connectivity index (χ1n) is 6.27. The maximum absolute atomic E-state index is 2.32. The van der Waals surface area contributed by atoms with Crippen LogP contribution in [-0.2, 0) is 13.6 Å². The molecule has 2 heteroatoms. The smallest absolute Gasteiger partial charge is 0.0488 e. The van der Waals surface area contributed by atoms with Crippen molar-refractivity contribution in [1.82, 2.24) is 9.47 Å². The topological polar surface area (TPSA) is 8.17 Å². The van der Waals surface area contributed by atoms with Gasteiger partial charge in [-0.1, -0.05) is 24.3 Å². The average Bonchev–Trinajstić information content (AvgIpc) is 2.63. The molecular weight excluding hydrogens is 220 g/mol. The molecule has 0 saturated carbocycles. The van der Waals surface area contributed by atoms with Crippen LogP contribution in [-0.4, -0.2) is 23.6 Å². The molecule has 0 spiro atoms. The summed E-state index contributed by atoms with van der Waals surface area (Å²) < 4.78 is 2.27. The van der Waals surface area contributed by atoms with E-state index in [0.717, 1.165) is 6.54 Å². The Labute approximate surface area is 107 Å². The molecule has 0 bridgehead atoms. The normalized spacial score (nSPS) is 11.8. The van der Waals surface area contributed by atoms with E-state index in [-0.39, 0.29) is 0 Å². The van der Waals surface area contributed by atoms with Crippen LogP contribution in [0.3, 0.4) is 0 Å². The van der Waals surface area contributed by atoms with E-state index in [2.05, 4.69) is 73.1 Å². The van der Waals surface area contributed by atoms with Gasteiger partial charge >= 0.3 is 0 Å². The van der Waals surface area contributed by atoms with Gasteiger partial charge in [0.05, 0.1) is 0 Å². The van der Waals surface area contributed by atoms with Crippen molar-refractivity contribution >= 4 is 21.8 Å². The maximum Gasteiger partial charge on any atom is 0.0488 e. The molecule has 0 saturated heterocycles. The molecule has 2 nitrogen and oxygen atoms in total. The van der Waals surface area contributed by atoms with E-state index >= 15 is 0 Å². The van der Waals surface area contributed by atoms with Crippen LogP contribution in [0.25, 0.3) is 21.8 Å². The van der Waals surface area contributed by atoms with E-state index in [1.54, 1.807) is 0 Å². The first-order chi connectivity index (χ1) is 8.66. The van der Waals surface area contributed by atoms with Crippen molar-refractivity contribution in [1.29, 1.82) is 0 Å². The Morgan fingerprint density at radius 1 is 0.944 bits per heavy atom. The van der Waals surface area contributed by atoms with Crippen LogP contribution in [0.1, 0.15) is 5.56 Å². The molecule has 0 amide bonds. The summed E-state index contributed by atoms with van der Waals surface area (Å²) in [5, 5.41) is 2.70. The van der Waals surface area contributed by atoms with Gasteiger partial charge in [0.1, 0.15) is 0 Å². The van der Waals surface area contributed by atoms with Crippen LogP contribution in [0.15, 0.2) is 42.5 Å².